The molecule has 9 aromatic carbocycles. The molecular formula is C57H38N4. The van der Waals surface area contributed by atoms with Crippen LogP contribution in [0.15, 0.2) is 231 Å². The molecule has 2 heterocycles. The van der Waals surface area contributed by atoms with Gasteiger partial charge in [0.25, 0.3) is 0 Å². The van der Waals surface area contributed by atoms with Gasteiger partial charge in [0.2, 0.25) is 0 Å². The van der Waals surface area contributed by atoms with Crippen LogP contribution in [0.2, 0.25) is 0 Å². The van der Waals surface area contributed by atoms with Gasteiger partial charge in [-0.2, -0.15) is 0 Å². The molecule has 0 unspecified atom stereocenters. The first-order valence-electron chi connectivity index (χ1n) is 20.6. The molecule has 0 aliphatic heterocycles. The molecule has 0 atom stereocenters. The Bertz CT molecular complexity index is 3280. The minimum absolute atomic E-state index is 0.687. The highest BCUT2D eigenvalue weighted by atomic mass is 15.1. The zero-order valence-electron chi connectivity index (χ0n) is 33.2. The standard InChI is InChI=1S/C57H38N4/c1-5-16-39(17-6-1)40-28-30-43(31-29-40)57-59-53(41-18-7-2-8-19-41)38-54(60-57)48-25-15-26-49-47(48)36-37-51-55(49)50-24-13-14-27-52(50)58-56(51)42-32-34-46(35-33-42)61(44-20-9-3-10-21-44)45-22-11-4-12-23-45/h1-38H. The summed E-state index contributed by atoms with van der Waals surface area (Å²) in [4.78, 5) is 18.1. The van der Waals surface area contributed by atoms with Crippen molar-refractivity contribution in [3.8, 4) is 56.3 Å². The van der Waals surface area contributed by atoms with E-state index in [0.717, 1.165) is 89.0 Å². The summed E-state index contributed by atoms with van der Waals surface area (Å²) in [5, 5.41) is 5.67. The lowest BCUT2D eigenvalue weighted by Crippen LogP contribution is -2.09. The molecule has 0 spiro atoms. The summed E-state index contributed by atoms with van der Waals surface area (Å²) >= 11 is 0. The number of anilines is 3. The Balaban J connectivity index is 1.06. The molecule has 0 radical (unpaired) electrons. The highest BCUT2D eigenvalue weighted by molar-refractivity contribution is 6.24. The third-order valence-corrected chi connectivity index (χ3v) is 11.5. The van der Waals surface area contributed by atoms with Crippen molar-refractivity contribution in [3.63, 3.8) is 0 Å². The lowest BCUT2D eigenvalue weighted by Gasteiger charge is -2.25. The first kappa shape index (κ1) is 35.9. The number of hydrogen-bond donors (Lipinski definition) is 0. The smallest absolute Gasteiger partial charge is 0.160 e. The van der Waals surface area contributed by atoms with Gasteiger partial charge in [-0.05, 0) is 70.4 Å². The summed E-state index contributed by atoms with van der Waals surface area (Å²) in [7, 11) is 0. The lowest BCUT2D eigenvalue weighted by molar-refractivity contribution is 1.18. The van der Waals surface area contributed by atoms with Crippen LogP contribution < -0.4 is 4.90 Å². The van der Waals surface area contributed by atoms with E-state index in [1.807, 2.05) is 12.1 Å². The highest BCUT2D eigenvalue weighted by Gasteiger charge is 2.18. The van der Waals surface area contributed by atoms with Crippen LogP contribution >= 0.6 is 0 Å². The van der Waals surface area contributed by atoms with E-state index in [2.05, 4.69) is 223 Å². The van der Waals surface area contributed by atoms with E-state index in [9.17, 15) is 0 Å². The minimum Gasteiger partial charge on any atom is -0.311 e. The van der Waals surface area contributed by atoms with Crippen molar-refractivity contribution in [2.75, 3.05) is 4.90 Å². The number of pyridine rings is 1. The first-order chi connectivity index (χ1) is 30.2. The predicted octanol–water partition coefficient (Wildman–Crippen LogP) is 15.1. The molecule has 4 nitrogen and oxygen atoms in total. The van der Waals surface area contributed by atoms with Crippen molar-refractivity contribution in [1.82, 2.24) is 15.0 Å². The minimum atomic E-state index is 0.687. The van der Waals surface area contributed by atoms with Gasteiger partial charge in [0, 0.05) is 55.5 Å². The van der Waals surface area contributed by atoms with Gasteiger partial charge in [-0.1, -0.05) is 182 Å². The van der Waals surface area contributed by atoms with E-state index in [0.29, 0.717) is 5.82 Å². The van der Waals surface area contributed by atoms with Gasteiger partial charge in [-0.3, -0.25) is 0 Å². The Labute approximate surface area is 354 Å². The van der Waals surface area contributed by atoms with Crippen LogP contribution in [0.25, 0.3) is 88.7 Å². The summed E-state index contributed by atoms with van der Waals surface area (Å²) in [5.74, 6) is 0.687. The molecule has 0 amide bonds. The second-order valence-electron chi connectivity index (χ2n) is 15.2. The Morgan fingerprint density at radius 3 is 1.49 bits per heavy atom. The van der Waals surface area contributed by atoms with Crippen LogP contribution in [0.4, 0.5) is 17.1 Å². The summed E-state index contributed by atoms with van der Waals surface area (Å²) in [6.07, 6.45) is 0. The molecule has 0 saturated carbocycles. The van der Waals surface area contributed by atoms with Crippen LogP contribution in [0.3, 0.4) is 0 Å². The third kappa shape index (κ3) is 6.76. The average Bonchev–Trinajstić information content (AvgIpc) is 3.35. The van der Waals surface area contributed by atoms with Gasteiger partial charge in [0.05, 0.1) is 22.6 Å². The Morgan fingerprint density at radius 2 is 0.803 bits per heavy atom. The molecule has 2 aromatic heterocycles. The van der Waals surface area contributed by atoms with Gasteiger partial charge in [-0.15, -0.1) is 0 Å². The highest BCUT2D eigenvalue weighted by Crippen LogP contribution is 2.42. The number of fused-ring (bicyclic) bond motifs is 5. The Hall–Kier alpha value is -8.21. The molecule has 0 N–H and O–H groups in total. The largest absolute Gasteiger partial charge is 0.311 e. The molecule has 11 rings (SSSR count). The summed E-state index contributed by atoms with van der Waals surface area (Å²) in [6, 6.07) is 80.9. The van der Waals surface area contributed by atoms with Gasteiger partial charge in [0.1, 0.15) is 0 Å². The zero-order chi connectivity index (χ0) is 40.5. The third-order valence-electron chi connectivity index (χ3n) is 11.5. The molecule has 0 bridgehead atoms. The second kappa shape index (κ2) is 15.5. The molecule has 0 saturated heterocycles. The number of nitrogens with zero attached hydrogens (tertiary/aromatic N) is 4. The Morgan fingerprint density at radius 1 is 0.295 bits per heavy atom. The van der Waals surface area contributed by atoms with Crippen LogP contribution in [0.5, 0.6) is 0 Å². The monoisotopic (exact) mass is 778 g/mol. The number of benzene rings is 9. The van der Waals surface area contributed by atoms with Gasteiger partial charge < -0.3 is 4.90 Å². The molecule has 4 heteroatoms. The fourth-order valence-corrected chi connectivity index (χ4v) is 8.54. The summed E-state index contributed by atoms with van der Waals surface area (Å²) < 4.78 is 0. The van der Waals surface area contributed by atoms with Crippen molar-refractivity contribution < 1.29 is 0 Å². The van der Waals surface area contributed by atoms with Gasteiger partial charge >= 0.3 is 0 Å². The van der Waals surface area contributed by atoms with Crippen molar-refractivity contribution in [1.29, 1.82) is 0 Å². The first-order valence-corrected chi connectivity index (χ1v) is 20.6. The summed E-state index contributed by atoms with van der Waals surface area (Å²) in [6.45, 7) is 0. The average molecular weight is 779 g/mol. The van der Waals surface area contributed by atoms with Crippen molar-refractivity contribution in [2.45, 2.75) is 0 Å². The molecule has 0 aliphatic carbocycles. The summed E-state index contributed by atoms with van der Waals surface area (Å²) in [5.41, 5.74) is 13.4. The fourth-order valence-electron chi connectivity index (χ4n) is 8.54. The van der Waals surface area contributed by atoms with Gasteiger partial charge in [0.15, 0.2) is 5.82 Å². The number of aromatic nitrogens is 3. The predicted molar refractivity (Wildman–Crippen MR) is 254 cm³/mol. The molecule has 0 fully saturated rings. The fraction of sp³-hybridized carbons (Fsp3) is 0. The maximum absolute atomic E-state index is 5.33. The topological polar surface area (TPSA) is 41.9 Å². The van der Waals surface area contributed by atoms with E-state index >= 15 is 0 Å². The van der Waals surface area contributed by atoms with Crippen LogP contribution in [-0.4, -0.2) is 15.0 Å². The van der Waals surface area contributed by atoms with Crippen molar-refractivity contribution in [2.24, 2.45) is 0 Å². The Kier molecular flexibility index (Phi) is 9.14. The second-order valence-corrected chi connectivity index (χ2v) is 15.2. The van der Waals surface area contributed by atoms with Crippen molar-refractivity contribution in [3.05, 3.63) is 231 Å². The number of hydrogen-bond acceptors (Lipinski definition) is 4. The quantitative estimate of drug-likeness (QED) is 0.144. The van der Waals surface area contributed by atoms with E-state index in [-0.39, 0.29) is 0 Å². The van der Waals surface area contributed by atoms with Crippen molar-refractivity contribution >= 4 is 49.5 Å². The van der Waals surface area contributed by atoms with E-state index in [1.165, 1.54) is 10.9 Å². The molecule has 11 aromatic rings. The van der Waals surface area contributed by atoms with Crippen LogP contribution in [0, 0.1) is 0 Å². The maximum atomic E-state index is 5.33. The van der Waals surface area contributed by atoms with E-state index < -0.39 is 0 Å². The maximum Gasteiger partial charge on any atom is 0.160 e. The van der Waals surface area contributed by atoms with E-state index in [1.54, 1.807) is 0 Å². The number of rotatable bonds is 8. The van der Waals surface area contributed by atoms with Crippen LogP contribution in [0.1, 0.15) is 0 Å². The normalized spacial score (nSPS) is 11.3. The molecule has 0 aliphatic rings. The van der Waals surface area contributed by atoms with Crippen LogP contribution in [-0.2, 0) is 0 Å². The zero-order valence-corrected chi connectivity index (χ0v) is 33.2. The molecular weight excluding hydrogens is 741 g/mol. The number of para-hydroxylation sites is 3. The molecule has 61 heavy (non-hydrogen) atoms. The van der Waals surface area contributed by atoms with E-state index in [4.69, 9.17) is 15.0 Å². The SMILES string of the molecule is c1ccc(-c2ccc(-c3nc(-c4ccccc4)cc(-c4cccc5c4ccc4c(-c6ccc(N(c7ccccc7)c7ccccc7)cc6)nc6ccccc6c45)n3)cc2)cc1. The molecule has 286 valence electrons. The van der Waals surface area contributed by atoms with Gasteiger partial charge in [-0.25, -0.2) is 15.0 Å². The lowest BCUT2D eigenvalue weighted by atomic mass is 9.92.